The Morgan fingerprint density at radius 3 is 1.90 bits per heavy atom. The molecule has 21 heavy (non-hydrogen) atoms. The minimum absolute atomic E-state index is 0.106. The van der Waals surface area contributed by atoms with Gasteiger partial charge in [0.2, 0.25) is 0 Å². The number of Topliss-reactive ketones (excluding diaryl/α,β-unsaturated/α-hetero) is 2. The average Bonchev–Trinajstić information content (AvgIpc) is 2.48. The normalized spacial score (nSPS) is 11.1. The zero-order chi connectivity index (χ0) is 15.5. The van der Waals surface area contributed by atoms with Crippen LogP contribution in [-0.2, 0) is 9.84 Å². The van der Waals surface area contributed by atoms with Crippen molar-refractivity contribution in [2.45, 2.75) is 11.8 Å². The van der Waals surface area contributed by atoms with Crippen LogP contribution in [0.3, 0.4) is 0 Å². The van der Waals surface area contributed by atoms with E-state index in [9.17, 15) is 18.0 Å². The van der Waals surface area contributed by atoms with Crippen molar-refractivity contribution in [2.75, 3.05) is 5.75 Å². The highest BCUT2D eigenvalue weighted by molar-refractivity contribution is 7.92. The van der Waals surface area contributed by atoms with Gasteiger partial charge in [-0.05, 0) is 19.1 Å². The van der Waals surface area contributed by atoms with Crippen molar-refractivity contribution >= 4 is 21.4 Å². The predicted octanol–water partition coefficient (Wildman–Crippen LogP) is 2.55. The highest BCUT2D eigenvalue weighted by atomic mass is 32.2. The molecular weight excluding hydrogens is 288 g/mol. The molecule has 0 fully saturated rings. The van der Waals surface area contributed by atoms with Gasteiger partial charge in [-0.1, -0.05) is 42.5 Å². The maximum absolute atomic E-state index is 12.1. The van der Waals surface area contributed by atoms with Crippen LogP contribution in [0.4, 0.5) is 0 Å². The Hall–Kier alpha value is -2.27. The molecule has 0 saturated heterocycles. The van der Waals surface area contributed by atoms with Gasteiger partial charge in [-0.3, -0.25) is 9.59 Å². The van der Waals surface area contributed by atoms with Crippen LogP contribution in [0.2, 0.25) is 0 Å². The molecule has 4 nitrogen and oxygen atoms in total. The van der Waals surface area contributed by atoms with Gasteiger partial charge in [-0.2, -0.15) is 0 Å². The van der Waals surface area contributed by atoms with Gasteiger partial charge in [-0.15, -0.1) is 0 Å². The van der Waals surface area contributed by atoms with E-state index >= 15 is 0 Å². The molecule has 5 heteroatoms. The minimum Gasteiger partial charge on any atom is -0.295 e. The smallest absolute Gasteiger partial charge is 0.185 e. The Morgan fingerprint density at radius 1 is 0.857 bits per heavy atom. The fraction of sp³-hybridized carbons (Fsp3) is 0.125. The maximum Gasteiger partial charge on any atom is 0.185 e. The molecule has 0 radical (unpaired) electrons. The standard InChI is InChI=1S/C16H14O4S/c1-12(17)13-7-9-14(10-8-13)16(18)11-21(19,20)15-5-3-2-4-6-15/h2-10H,11H2,1H3. The van der Waals surface area contributed by atoms with E-state index in [0.717, 1.165) is 0 Å². The zero-order valence-electron chi connectivity index (χ0n) is 11.4. The lowest BCUT2D eigenvalue weighted by Crippen LogP contribution is -2.16. The number of carbonyl (C=O) groups is 2. The Bertz CT molecular complexity index is 760. The van der Waals surface area contributed by atoms with E-state index in [2.05, 4.69) is 0 Å². The summed E-state index contributed by atoms with van der Waals surface area (Å²) in [7, 11) is -3.65. The molecule has 0 bridgehead atoms. The fourth-order valence-electron chi connectivity index (χ4n) is 1.86. The van der Waals surface area contributed by atoms with Crippen molar-refractivity contribution in [2.24, 2.45) is 0 Å². The largest absolute Gasteiger partial charge is 0.295 e. The molecule has 0 saturated carbocycles. The van der Waals surface area contributed by atoms with Crippen molar-refractivity contribution in [3.05, 3.63) is 65.7 Å². The van der Waals surface area contributed by atoms with Crippen LogP contribution in [0.25, 0.3) is 0 Å². The topological polar surface area (TPSA) is 68.3 Å². The summed E-state index contributed by atoms with van der Waals surface area (Å²) in [4.78, 5) is 23.3. The predicted molar refractivity (Wildman–Crippen MR) is 79.3 cm³/mol. The van der Waals surface area contributed by atoms with Gasteiger partial charge in [-0.25, -0.2) is 8.42 Å². The van der Waals surface area contributed by atoms with Crippen LogP contribution in [0, 0.1) is 0 Å². The molecule has 0 aliphatic rings. The first-order valence-electron chi connectivity index (χ1n) is 6.32. The molecule has 2 aromatic carbocycles. The van der Waals surface area contributed by atoms with E-state index in [-0.39, 0.29) is 16.2 Å². The maximum atomic E-state index is 12.1. The number of ketones is 2. The number of sulfone groups is 1. The highest BCUT2D eigenvalue weighted by Crippen LogP contribution is 2.13. The molecule has 0 aromatic heterocycles. The van der Waals surface area contributed by atoms with Gasteiger partial charge >= 0.3 is 0 Å². The Kier molecular flexibility index (Phi) is 4.33. The van der Waals surface area contributed by atoms with Crippen LogP contribution in [-0.4, -0.2) is 25.7 Å². The summed E-state index contributed by atoms with van der Waals surface area (Å²) in [5.41, 5.74) is 0.761. The van der Waals surface area contributed by atoms with E-state index in [4.69, 9.17) is 0 Å². The first kappa shape index (κ1) is 15.1. The summed E-state index contributed by atoms with van der Waals surface area (Å²) in [6.07, 6.45) is 0. The third-order valence-electron chi connectivity index (χ3n) is 3.04. The second kappa shape index (κ2) is 6.01. The number of hydrogen-bond acceptors (Lipinski definition) is 4. The van der Waals surface area contributed by atoms with Crippen molar-refractivity contribution < 1.29 is 18.0 Å². The summed E-state index contributed by atoms with van der Waals surface area (Å²) < 4.78 is 24.2. The molecule has 108 valence electrons. The van der Waals surface area contributed by atoms with Gasteiger partial charge < -0.3 is 0 Å². The molecule has 2 aromatic rings. The summed E-state index contributed by atoms with van der Waals surface area (Å²) in [5.74, 6) is -1.18. The summed E-state index contributed by atoms with van der Waals surface area (Å²) >= 11 is 0. The van der Waals surface area contributed by atoms with Crippen molar-refractivity contribution in [1.29, 1.82) is 0 Å². The number of carbonyl (C=O) groups excluding carboxylic acids is 2. The van der Waals surface area contributed by atoms with Gasteiger partial charge in [0.1, 0.15) is 5.75 Å². The zero-order valence-corrected chi connectivity index (χ0v) is 12.3. The van der Waals surface area contributed by atoms with E-state index in [1.807, 2.05) is 0 Å². The van der Waals surface area contributed by atoms with E-state index < -0.39 is 21.4 Å². The van der Waals surface area contributed by atoms with Crippen molar-refractivity contribution in [3.8, 4) is 0 Å². The van der Waals surface area contributed by atoms with E-state index in [1.165, 1.54) is 43.3 Å². The summed E-state index contributed by atoms with van der Waals surface area (Å²) in [6, 6.07) is 13.8. The third-order valence-corrected chi connectivity index (χ3v) is 4.67. The SMILES string of the molecule is CC(=O)c1ccc(C(=O)CS(=O)(=O)c2ccccc2)cc1. The quantitative estimate of drug-likeness (QED) is 0.796. The molecule has 0 amide bonds. The molecule has 0 unspecified atom stereocenters. The highest BCUT2D eigenvalue weighted by Gasteiger charge is 2.20. The molecule has 0 heterocycles. The molecular formula is C16H14O4S. The Balaban J connectivity index is 2.20. The summed E-state index contributed by atoms with van der Waals surface area (Å²) in [5, 5.41) is 0. The Morgan fingerprint density at radius 2 is 1.38 bits per heavy atom. The molecule has 0 atom stereocenters. The Labute approximate surface area is 123 Å². The van der Waals surface area contributed by atoms with Crippen LogP contribution in [0.1, 0.15) is 27.6 Å². The molecule has 2 rings (SSSR count). The molecule has 0 aliphatic carbocycles. The van der Waals surface area contributed by atoms with Gasteiger partial charge in [0.05, 0.1) is 4.90 Å². The van der Waals surface area contributed by atoms with Gasteiger partial charge in [0.25, 0.3) is 0 Å². The third kappa shape index (κ3) is 3.64. The van der Waals surface area contributed by atoms with Gasteiger partial charge in [0, 0.05) is 11.1 Å². The minimum atomic E-state index is -3.65. The average molecular weight is 302 g/mol. The second-order valence-electron chi connectivity index (χ2n) is 4.63. The first-order chi connectivity index (χ1) is 9.90. The van der Waals surface area contributed by atoms with E-state index in [0.29, 0.717) is 5.56 Å². The van der Waals surface area contributed by atoms with Crippen LogP contribution in [0.5, 0.6) is 0 Å². The monoisotopic (exact) mass is 302 g/mol. The lowest BCUT2D eigenvalue weighted by atomic mass is 10.1. The lowest BCUT2D eigenvalue weighted by Gasteiger charge is -2.04. The van der Waals surface area contributed by atoms with E-state index in [1.54, 1.807) is 18.2 Å². The molecule has 0 N–H and O–H groups in total. The number of benzene rings is 2. The number of hydrogen-bond donors (Lipinski definition) is 0. The fourth-order valence-corrected chi connectivity index (χ4v) is 3.11. The van der Waals surface area contributed by atoms with Crippen LogP contribution < -0.4 is 0 Å². The van der Waals surface area contributed by atoms with Gasteiger partial charge in [0.15, 0.2) is 21.4 Å². The van der Waals surface area contributed by atoms with Crippen LogP contribution in [0.15, 0.2) is 59.5 Å². The molecule has 0 aliphatic heterocycles. The summed E-state index contributed by atoms with van der Waals surface area (Å²) in [6.45, 7) is 1.43. The van der Waals surface area contributed by atoms with Crippen molar-refractivity contribution in [3.63, 3.8) is 0 Å². The second-order valence-corrected chi connectivity index (χ2v) is 6.62. The first-order valence-corrected chi connectivity index (χ1v) is 7.97. The number of rotatable bonds is 5. The lowest BCUT2D eigenvalue weighted by molar-refractivity contribution is 0.100. The van der Waals surface area contributed by atoms with Crippen LogP contribution >= 0.6 is 0 Å². The molecule has 0 spiro atoms. The van der Waals surface area contributed by atoms with Crippen molar-refractivity contribution in [1.82, 2.24) is 0 Å².